The Hall–Kier alpha value is -2.45. The molecule has 0 saturated carbocycles. The van der Waals surface area contributed by atoms with Gasteiger partial charge < -0.3 is 14.9 Å². The van der Waals surface area contributed by atoms with Crippen LogP contribution in [0.4, 0.5) is 54.4 Å². The largest absolute Gasteiger partial charge is 0.465 e. The Balaban J connectivity index is 1.93. The molecule has 0 radical (unpaired) electrons. The zero-order chi connectivity index (χ0) is 27.1. The van der Waals surface area contributed by atoms with Crippen molar-refractivity contribution in [3.05, 3.63) is 29.3 Å². The molecule has 3 rings (SSSR count). The Morgan fingerprint density at radius 1 is 0.972 bits per heavy atom. The molecule has 0 aliphatic carbocycles. The van der Waals surface area contributed by atoms with Gasteiger partial charge in [-0.15, -0.1) is 0 Å². The highest BCUT2D eigenvalue weighted by molar-refractivity contribution is 5.65. The predicted octanol–water partition coefficient (Wildman–Crippen LogP) is 5.41. The second-order valence-corrected chi connectivity index (χ2v) is 8.94. The van der Waals surface area contributed by atoms with Crippen molar-refractivity contribution >= 4 is 11.8 Å². The third-order valence-corrected chi connectivity index (χ3v) is 6.49. The number of piperazine rings is 1. The molecule has 2 aliphatic heterocycles. The van der Waals surface area contributed by atoms with Crippen molar-refractivity contribution in [1.82, 2.24) is 9.80 Å². The Morgan fingerprint density at radius 2 is 1.61 bits per heavy atom. The lowest BCUT2D eigenvalue weighted by Crippen LogP contribution is -2.62. The summed E-state index contributed by atoms with van der Waals surface area (Å²) in [4.78, 5) is 14.2. The van der Waals surface area contributed by atoms with Crippen LogP contribution in [0, 0.1) is 11.8 Å². The molecule has 5 nitrogen and oxygen atoms in total. The second kappa shape index (κ2) is 10.1. The van der Waals surface area contributed by atoms with E-state index in [1.165, 1.54) is 4.90 Å². The quantitative estimate of drug-likeness (QED) is 0.509. The molecular formula is C21H23F10N3O2. The summed E-state index contributed by atoms with van der Waals surface area (Å²) in [6, 6.07) is 0.164. The molecule has 2 heterocycles. The summed E-state index contributed by atoms with van der Waals surface area (Å²) in [5.74, 6) is -4.37. The number of anilines is 1. The molecule has 2 aliphatic rings. The van der Waals surface area contributed by atoms with Gasteiger partial charge in [-0.25, -0.2) is 4.79 Å². The van der Waals surface area contributed by atoms with E-state index in [2.05, 4.69) is 0 Å². The monoisotopic (exact) mass is 539 g/mol. The van der Waals surface area contributed by atoms with E-state index in [0.717, 1.165) is 23.1 Å². The van der Waals surface area contributed by atoms with Crippen molar-refractivity contribution in [3.63, 3.8) is 0 Å². The Kier molecular flexibility index (Phi) is 7.92. The molecule has 2 saturated heterocycles. The van der Waals surface area contributed by atoms with E-state index in [1.807, 2.05) is 0 Å². The van der Waals surface area contributed by atoms with E-state index in [0.29, 0.717) is 6.42 Å². The Morgan fingerprint density at radius 3 is 2.11 bits per heavy atom. The molecule has 1 amide bonds. The first kappa shape index (κ1) is 28.1. The third kappa shape index (κ3) is 6.27. The van der Waals surface area contributed by atoms with Crippen LogP contribution in [0.1, 0.15) is 17.5 Å². The molecule has 36 heavy (non-hydrogen) atoms. The molecular weight excluding hydrogens is 516 g/mol. The number of amides is 1. The van der Waals surface area contributed by atoms with Crippen molar-refractivity contribution in [3.8, 4) is 0 Å². The van der Waals surface area contributed by atoms with E-state index >= 15 is 0 Å². The van der Waals surface area contributed by atoms with Gasteiger partial charge in [-0.1, -0.05) is 6.07 Å². The highest BCUT2D eigenvalue weighted by Crippen LogP contribution is 2.44. The molecule has 1 aromatic carbocycles. The van der Waals surface area contributed by atoms with Gasteiger partial charge in [-0.05, 0) is 24.1 Å². The van der Waals surface area contributed by atoms with E-state index in [9.17, 15) is 53.8 Å². The van der Waals surface area contributed by atoms with Crippen molar-refractivity contribution in [2.24, 2.45) is 11.8 Å². The molecule has 2 unspecified atom stereocenters. The fourth-order valence-electron chi connectivity index (χ4n) is 4.74. The average molecular weight is 539 g/mol. The van der Waals surface area contributed by atoms with E-state index in [1.54, 1.807) is 0 Å². The smallest absolute Gasteiger partial charge is 0.416 e. The number of hydrogen-bond donors (Lipinski definition) is 1. The highest BCUT2D eigenvalue weighted by atomic mass is 19.4. The molecule has 1 aromatic rings. The third-order valence-electron chi connectivity index (χ3n) is 6.49. The number of halogens is 10. The minimum atomic E-state index is -5.78. The van der Waals surface area contributed by atoms with Crippen LogP contribution in [0.5, 0.6) is 0 Å². The Labute approximate surface area is 199 Å². The molecule has 2 fully saturated rings. The molecule has 0 bridgehead atoms. The number of alkyl halides is 10. The maximum absolute atomic E-state index is 13.4. The van der Waals surface area contributed by atoms with Crippen LogP contribution in [-0.4, -0.2) is 78.8 Å². The first-order chi connectivity index (χ1) is 16.5. The lowest BCUT2D eigenvalue weighted by atomic mass is 9.94. The van der Waals surface area contributed by atoms with Crippen LogP contribution in [0.15, 0.2) is 18.2 Å². The standard InChI is InChI=1S/C21H23F10N3O2/c22-8-12-3-4-33(9-12)15-7-14(19(23,24)25)2-1-13(15)10-32-5-6-34(18(35)36)16(11-32)17(20(26,27)28)21(29,30)31/h1-2,7,12,16-17H,3-6,8-11H2,(H,35,36). The molecule has 1 N–H and O–H groups in total. The molecule has 204 valence electrons. The zero-order valence-electron chi connectivity index (χ0n) is 18.6. The van der Waals surface area contributed by atoms with Crippen LogP contribution in [0.3, 0.4) is 0 Å². The number of benzene rings is 1. The number of hydrogen-bond acceptors (Lipinski definition) is 3. The van der Waals surface area contributed by atoms with E-state index in [-0.39, 0.29) is 42.3 Å². The van der Waals surface area contributed by atoms with Gasteiger partial charge in [-0.3, -0.25) is 9.29 Å². The van der Waals surface area contributed by atoms with Crippen LogP contribution in [0.2, 0.25) is 0 Å². The van der Waals surface area contributed by atoms with Gasteiger partial charge in [0.15, 0.2) is 5.92 Å². The molecule has 15 heteroatoms. The second-order valence-electron chi connectivity index (χ2n) is 8.94. The summed E-state index contributed by atoms with van der Waals surface area (Å²) in [6.45, 7) is -2.53. The number of nitrogens with zero attached hydrogens (tertiary/aromatic N) is 3. The van der Waals surface area contributed by atoms with Gasteiger partial charge in [0.25, 0.3) is 0 Å². The topological polar surface area (TPSA) is 47.0 Å². The lowest BCUT2D eigenvalue weighted by molar-refractivity contribution is -0.300. The first-order valence-electron chi connectivity index (χ1n) is 10.9. The first-order valence-corrected chi connectivity index (χ1v) is 10.9. The summed E-state index contributed by atoms with van der Waals surface area (Å²) in [6.07, 6.45) is -17.9. The minimum absolute atomic E-state index is 0.0566. The van der Waals surface area contributed by atoms with E-state index in [4.69, 9.17) is 0 Å². The lowest BCUT2D eigenvalue weighted by Gasteiger charge is -2.44. The fourth-order valence-corrected chi connectivity index (χ4v) is 4.74. The van der Waals surface area contributed by atoms with Crippen molar-refractivity contribution in [2.75, 3.05) is 44.3 Å². The van der Waals surface area contributed by atoms with E-state index < -0.39 is 67.8 Å². The average Bonchev–Trinajstić information content (AvgIpc) is 3.20. The van der Waals surface area contributed by atoms with Crippen LogP contribution in [-0.2, 0) is 12.7 Å². The van der Waals surface area contributed by atoms with Gasteiger partial charge in [0, 0.05) is 50.9 Å². The number of carbonyl (C=O) groups is 1. The van der Waals surface area contributed by atoms with Gasteiger partial charge in [0.2, 0.25) is 0 Å². The van der Waals surface area contributed by atoms with Crippen molar-refractivity contribution in [2.45, 2.75) is 37.5 Å². The number of rotatable bonds is 5. The molecule has 0 aromatic heterocycles. The van der Waals surface area contributed by atoms with Crippen LogP contribution >= 0.6 is 0 Å². The maximum atomic E-state index is 13.4. The van der Waals surface area contributed by atoms with Gasteiger partial charge in [-0.2, -0.15) is 39.5 Å². The Bertz CT molecular complexity index is 920. The van der Waals surface area contributed by atoms with Crippen LogP contribution < -0.4 is 4.90 Å². The normalized spacial score (nSPS) is 22.5. The summed E-state index contributed by atoms with van der Waals surface area (Å²) >= 11 is 0. The fraction of sp³-hybridized carbons (Fsp3) is 0.667. The van der Waals surface area contributed by atoms with Gasteiger partial charge in [0.1, 0.15) is 0 Å². The number of carboxylic acid groups (broad SMARTS) is 1. The highest BCUT2D eigenvalue weighted by Gasteiger charge is 2.62. The summed E-state index contributed by atoms with van der Waals surface area (Å²) in [5, 5.41) is 9.24. The minimum Gasteiger partial charge on any atom is -0.465 e. The zero-order valence-corrected chi connectivity index (χ0v) is 18.6. The summed E-state index contributed by atoms with van der Waals surface area (Å²) in [7, 11) is 0. The predicted molar refractivity (Wildman–Crippen MR) is 107 cm³/mol. The van der Waals surface area contributed by atoms with Gasteiger partial charge >= 0.3 is 24.6 Å². The summed E-state index contributed by atoms with van der Waals surface area (Å²) in [5.41, 5.74) is -0.755. The molecule has 2 atom stereocenters. The van der Waals surface area contributed by atoms with Crippen LogP contribution in [0.25, 0.3) is 0 Å². The molecule has 0 spiro atoms. The summed E-state index contributed by atoms with van der Waals surface area (Å²) < 4.78 is 133. The van der Waals surface area contributed by atoms with Crippen molar-refractivity contribution < 1.29 is 53.8 Å². The maximum Gasteiger partial charge on any atom is 0.416 e. The van der Waals surface area contributed by atoms with Gasteiger partial charge in [0.05, 0.1) is 18.3 Å². The van der Waals surface area contributed by atoms with Crippen molar-refractivity contribution in [1.29, 1.82) is 0 Å². The SMILES string of the molecule is O=C(O)N1CCN(Cc2ccc(C(F)(F)F)cc2N2CCC(CF)C2)CC1C(C(F)(F)F)C(F)(F)F.